The van der Waals surface area contributed by atoms with Crippen LogP contribution in [0.2, 0.25) is 0 Å². The first kappa shape index (κ1) is 15.2. The highest BCUT2D eigenvalue weighted by molar-refractivity contribution is 9.10. The second kappa shape index (κ2) is 6.05. The number of halogens is 1. The fourth-order valence-corrected chi connectivity index (χ4v) is 2.46. The Bertz CT molecular complexity index is 729. The molecule has 21 heavy (non-hydrogen) atoms. The highest BCUT2D eigenvalue weighted by Gasteiger charge is 2.18. The minimum absolute atomic E-state index is 0.0629. The van der Waals surface area contributed by atoms with Crippen LogP contribution in [-0.2, 0) is 0 Å². The van der Waals surface area contributed by atoms with E-state index in [0.717, 1.165) is 5.56 Å². The van der Waals surface area contributed by atoms with Crippen LogP contribution < -0.4 is 5.32 Å². The van der Waals surface area contributed by atoms with Crippen molar-refractivity contribution in [1.82, 2.24) is 4.98 Å². The largest absolute Gasteiger partial charge is 0.478 e. The van der Waals surface area contributed by atoms with Crippen molar-refractivity contribution in [2.75, 3.05) is 5.32 Å². The van der Waals surface area contributed by atoms with Gasteiger partial charge in [-0.25, -0.2) is 9.78 Å². The number of nitrogens with one attached hydrogen (secondary N) is 1. The summed E-state index contributed by atoms with van der Waals surface area (Å²) < 4.78 is 0.545. The van der Waals surface area contributed by atoms with Gasteiger partial charge in [-0.15, -0.1) is 0 Å². The molecule has 0 radical (unpaired) electrons. The number of carboxylic acids is 1. The monoisotopic (exact) mass is 348 g/mol. The number of hydrogen-bond donors (Lipinski definition) is 2. The maximum absolute atomic E-state index is 12.3. The summed E-state index contributed by atoms with van der Waals surface area (Å²) in [6.07, 6.45) is 1.50. The van der Waals surface area contributed by atoms with Gasteiger partial charge >= 0.3 is 5.97 Å². The Kier molecular flexibility index (Phi) is 4.37. The number of rotatable bonds is 3. The molecule has 0 aliphatic rings. The predicted octanol–water partition coefficient (Wildman–Crippen LogP) is 3.41. The van der Waals surface area contributed by atoms with Crippen LogP contribution in [0.15, 0.2) is 34.9 Å². The number of aromatic carboxylic acids is 1. The molecule has 108 valence electrons. The first-order valence-corrected chi connectivity index (χ1v) is 6.96. The fraction of sp³-hybridized carbons (Fsp3) is 0.133. The molecule has 0 bridgehead atoms. The van der Waals surface area contributed by atoms with Crippen molar-refractivity contribution in [2.45, 2.75) is 13.8 Å². The quantitative estimate of drug-likeness (QED) is 0.890. The van der Waals surface area contributed by atoms with Crippen LogP contribution in [0.5, 0.6) is 0 Å². The van der Waals surface area contributed by atoms with E-state index < -0.39 is 11.9 Å². The molecule has 0 saturated carbocycles. The normalized spacial score (nSPS) is 10.2. The lowest BCUT2D eigenvalue weighted by Gasteiger charge is -2.13. The molecule has 0 unspecified atom stereocenters. The molecular weight excluding hydrogens is 336 g/mol. The summed E-state index contributed by atoms with van der Waals surface area (Å²) >= 11 is 3.25. The maximum atomic E-state index is 12.3. The summed E-state index contributed by atoms with van der Waals surface area (Å²) in [5.74, 6) is -1.55. The summed E-state index contributed by atoms with van der Waals surface area (Å²) in [5, 5.41) is 11.9. The van der Waals surface area contributed by atoms with Crippen molar-refractivity contribution < 1.29 is 14.7 Å². The molecule has 0 fully saturated rings. The van der Waals surface area contributed by atoms with Gasteiger partial charge in [0.1, 0.15) is 5.69 Å². The van der Waals surface area contributed by atoms with Crippen LogP contribution in [0, 0.1) is 13.8 Å². The average Bonchev–Trinajstić information content (AvgIpc) is 2.41. The molecule has 2 N–H and O–H groups in total. The summed E-state index contributed by atoms with van der Waals surface area (Å²) in [5.41, 5.74) is 2.06. The van der Waals surface area contributed by atoms with Crippen molar-refractivity contribution in [3.63, 3.8) is 0 Å². The number of pyridine rings is 1. The number of carbonyl (C=O) groups excluding carboxylic acids is 1. The fourth-order valence-electron chi connectivity index (χ4n) is 2.03. The van der Waals surface area contributed by atoms with Crippen molar-refractivity contribution in [3.8, 4) is 0 Å². The Balaban J connectivity index is 2.42. The van der Waals surface area contributed by atoms with Crippen LogP contribution in [0.3, 0.4) is 0 Å². The van der Waals surface area contributed by atoms with E-state index in [1.54, 1.807) is 26.0 Å². The molecular formula is C15H13BrN2O3. The van der Waals surface area contributed by atoms with Gasteiger partial charge in [-0.05, 0) is 59.1 Å². The van der Waals surface area contributed by atoms with Crippen molar-refractivity contribution in [1.29, 1.82) is 0 Å². The lowest BCUT2D eigenvalue weighted by Crippen LogP contribution is -2.17. The SMILES string of the molecule is Cc1cc(C)c(NC(=O)c2ncccc2Br)c(C(=O)O)c1. The third kappa shape index (κ3) is 3.28. The molecule has 5 nitrogen and oxygen atoms in total. The van der Waals surface area contributed by atoms with Gasteiger partial charge in [-0.2, -0.15) is 0 Å². The molecule has 2 rings (SSSR count). The van der Waals surface area contributed by atoms with Crippen LogP contribution in [0.4, 0.5) is 5.69 Å². The van der Waals surface area contributed by atoms with E-state index >= 15 is 0 Å². The van der Waals surface area contributed by atoms with Gasteiger partial charge in [-0.1, -0.05) is 6.07 Å². The summed E-state index contributed by atoms with van der Waals surface area (Å²) in [4.78, 5) is 27.6. The molecule has 0 spiro atoms. The molecule has 1 aromatic heterocycles. The Morgan fingerprint density at radius 2 is 2.00 bits per heavy atom. The number of hydrogen-bond acceptors (Lipinski definition) is 3. The first-order valence-electron chi connectivity index (χ1n) is 6.16. The number of amides is 1. The maximum Gasteiger partial charge on any atom is 0.337 e. The first-order chi connectivity index (χ1) is 9.90. The molecule has 0 aliphatic carbocycles. The van der Waals surface area contributed by atoms with E-state index in [9.17, 15) is 14.7 Å². The lowest BCUT2D eigenvalue weighted by atomic mass is 10.0. The number of anilines is 1. The Hall–Kier alpha value is -2.21. The molecule has 0 aliphatic heterocycles. The van der Waals surface area contributed by atoms with Crippen LogP contribution in [-0.4, -0.2) is 22.0 Å². The molecule has 0 saturated heterocycles. The molecule has 0 atom stereocenters. The summed E-state index contributed by atoms with van der Waals surface area (Å²) in [6.45, 7) is 3.56. The molecule has 1 aromatic carbocycles. The highest BCUT2D eigenvalue weighted by Crippen LogP contribution is 2.24. The van der Waals surface area contributed by atoms with Gasteiger partial charge in [0.15, 0.2) is 0 Å². The third-order valence-electron chi connectivity index (χ3n) is 2.92. The standard InChI is InChI=1S/C15H13BrN2O3/c1-8-6-9(2)12(10(7-8)15(20)21)18-14(19)13-11(16)4-3-5-17-13/h3-7H,1-2H3,(H,18,19)(H,20,21). The summed E-state index contributed by atoms with van der Waals surface area (Å²) in [6, 6.07) is 6.73. The van der Waals surface area contributed by atoms with E-state index in [0.29, 0.717) is 10.0 Å². The molecule has 1 amide bonds. The summed E-state index contributed by atoms with van der Waals surface area (Å²) in [7, 11) is 0. The van der Waals surface area contributed by atoms with E-state index in [1.807, 2.05) is 6.07 Å². The van der Waals surface area contributed by atoms with Gasteiger partial charge in [0.25, 0.3) is 5.91 Å². The van der Waals surface area contributed by atoms with Crippen molar-refractivity contribution in [3.05, 3.63) is 57.3 Å². The second-order valence-electron chi connectivity index (χ2n) is 4.60. The zero-order valence-electron chi connectivity index (χ0n) is 11.5. The zero-order chi connectivity index (χ0) is 15.6. The van der Waals surface area contributed by atoms with Gasteiger partial charge < -0.3 is 10.4 Å². The van der Waals surface area contributed by atoms with E-state index in [2.05, 4.69) is 26.2 Å². The van der Waals surface area contributed by atoms with Crippen LogP contribution in [0.1, 0.15) is 32.0 Å². The number of nitrogens with zero attached hydrogens (tertiary/aromatic N) is 1. The van der Waals surface area contributed by atoms with Gasteiger partial charge in [-0.3, -0.25) is 4.79 Å². The Labute approximate surface area is 130 Å². The Morgan fingerprint density at radius 3 is 2.62 bits per heavy atom. The number of carbonyl (C=O) groups is 2. The molecule has 2 aromatic rings. The average molecular weight is 349 g/mol. The van der Waals surface area contributed by atoms with Gasteiger partial charge in [0.2, 0.25) is 0 Å². The predicted molar refractivity (Wildman–Crippen MR) is 82.8 cm³/mol. The zero-order valence-corrected chi connectivity index (χ0v) is 13.1. The number of benzene rings is 1. The van der Waals surface area contributed by atoms with Crippen molar-refractivity contribution >= 4 is 33.5 Å². The van der Waals surface area contributed by atoms with E-state index in [4.69, 9.17) is 0 Å². The highest BCUT2D eigenvalue weighted by atomic mass is 79.9. The minimum Gasteiger partial charge on any atom is -0.478 e. The van der Waals surface area contributed by atoms with E-state index in [-0.39, 0.29) is 16.9 Å². The van der Waals surface area contributed by atoms with E-state index in [1.165, 1.54) is 12.3 Å². The molecule has 1 heterocycles. The van der Waals surface area contributed by atoms with Crippen LogP contribution >= 0.6 is 15.9 Å². The second-order valence-corrected chi connectivity index (χ2v) is 5.45. The van der Waals surface area contributed by atoms with Crippen LogP contribution in [0.25, 0.3) is 0 Å². The van der Waals surface area contributed by atoms with Gasteiger partial charge in [0.05, 0.1) is 11.3 Å². The smallest absolute Gasteiger partial charge is 0.337 e. The van der Waals surface area contributed by atoms with Gasteiger partial charge in [0, 0.05) is 10.7 Å². The lowest BCUT2D eigenvalue weighted by molar-refractivity contribution is 0.0698. The number of aryl methyl sites for hydroxylation is 2. The molecule has 6 heteroatoms. The number of aromatic nitrogens is 1. The van der Waals surface area contributed by atoms with Crippen molar-refractivity contribution in [2.24, 2.45) is 0 Å². The minimum atomic E-state index is -1.09. The third-order valence-corrected chi connectivity index (χ3v) is 3.56. The number of carboxylic acid groups (broad SMARTS) is 1. The topological polar surface area (TPSA) is 79.3 Å². The Morgan fingerprint density at radius 1 is 1.29 bits per heavy atom.